The summed E-state index contributed by atoms with van der Waals surface area (Å²) in [5.74, 6) is -1.00. The Morgan fingerprint density at radius 3 is 2.50 bits per heavy atom. The molecule has 9 nitrogen and oxygen atoms in total. The largest absolute Gasteiger partial charge is 0.465 e. The molecule has 1 aromatic heterocycles. The topological polar surface area (TPSA) is 133 Å². The lowest BCUT2D eigenvalue weighted by atomic mass is 10.4. The molecule has 0 saturated heterocycles. The van der Waals surface area contributed by atoms with Gasteiger partial charge in [-0.3, -0.25) is 4.68 Å². The summed E-state index contributed by atoms with van der Waals surface area (Å²) in [6.07, 6.45) is 0. The van der Waals surface area contributed by atoms with Crippen LogP contribution in [0.15, 0.2) is 5.03 Å². The first kappa shape index (κ1) is 14.3. The van der Waals surface area contributed by atoms with Gasteiger partial charge in [0, 0.05) is 7.05 Å². The maximum atomic E-state index is 11.8. The van der Waals surface area contributed by atoms with Crippen molar-refractivity contribution in [3.05, 3.63) is 10.7 Å². The molecule has 0 saturated carbocycles. The van der Waals surface area contributed by atoms with Gasteiger partial charge in [0.1, 0.15) is 5.56 Å². The minimum atomic E-state index is -4.36. The Hall–Kier alpha value is -1.81. The molecule has 3 N–H and O–H groups in total. The zero-order valence-corrected chi connectivity index (χ0v) is 10.9. The van der Waals surface area contributed by atoms with Crippen molar-refractivity contribution in [3.8, 4) is 0 Å². The Labute approximate surface area is 107 Å². The number of carbonyl (C=O) groups excluding carboxylic acids is 2. The molecule has 0 aromatic carbocycles. The van der Waals surface area contributed by atoms with Crippen LogP contribution in [-0.4, -0.2) is 37.3 Å². The van der Waals surface area contributed by atoms with Crippen LogP contribution in [0.5, 0.6) is 0 Å². The number of rotatable bonds is 3. The van der Waals surface area contributed by atoms with E-state index in [1.165, 1.54) is 11.8 Å². The first-order chi connectivity index (χ1) is 8.20. The Bertz CT molecular complexity index is 608. The highest BCUT2D eigenvalue weighted by Gasteiger charge is 2.32. The van der Waals surface area contributed by atoms with Crippen molar-refractivity contribution >= 4 is 33.6 Å². The number of urea groups is 1. The summed E-state index contributed by atoms with van der Waals surface area (Å²) in [7, 11) is -2.09. The summed E-state index contributed by atoms with van der Waals surface area (Å²) < 4.78 is 30.3. The van der Waals surface area contributed by atoms with Crippen LogP contribution < -0.4 is 10.5 Å². The van der Waals surface area contributed by atoms with E-state index in [2.05, 4.69) is 9.84 Å². The van der Waals surface area contributed by atoms with E-state index in [1.807, 2.05) is 0 Å². The summed E-state index contributed by atoms with van der Waals surface area (Å²) in [5, 5.41) is 2.58. The van der Waals surface area contributed by atoms with Crippen LogP contribution in [-0.2, 0) is 21.8 Å². The molecule has 1 heterocycles. The average molecular weight is 297 g/mol. The lowest BCUT2D eigenvalue weighted by molar-refractivity contribution is 0.0596. The van der Waals surface area contributed by atoms with Gasteiger partial charge in [0.2, 0.25) is 0 Å². The number of nitrogens with one attached hydrogen (secondary N) is 1. The summed E-state index contributed by atoms with van der Waals surface area (Å²) in [6.45, 7) is 0. The van der Waals surface area contributed by atoms with Gasteiger partial charge in [-0.2, -0.15) is 13.5 Å². The highest BCUT2D eigenvalue weighted by molar-refractivity contribution is 7.90. The number of hydrogen-bond donors (Lipinski definition) is 2. The molecule has 0 aliphatic carbocycles. The molecule has 0 unspecified atom stereocenters. The molecule has 0 atom stereocenters. The zero-order chi connectivity index (χ0) is 14.1. The van der Waals surface area contributed by atoms with Crippen LogP contribution in [0.3, 0.4) is 0 Å². The maximum Gasteiger partial charge on any atom is 0.344 e. The van der Waals surface area contributed by atoms with E-state index in [-0.39, 0.29) is 5.15 Å². The fourth-order valence-corrected chi connectivity index (χ4v) is 2.77. The Morgan fingerprint density at radius 2 is 2.06 bits per heavy atom. The first-order valence-electron chi connectivity index (χ1n) is 4.33. The highest BCUT2D eigenvalue weighted by Crippen LogP contribution is 2.23. The average Bonchev–Trinajstić information content (AvgIpc) is 2.51. The smallest absolute Gasteiger partial charge is 0.344 e. The van der Waals surface area contributed by atoms with Gasteiger partial charge >= 0.3 is 12.0 Å². The fourth-order valence-electron chi connectivity index (χ4n) is 1.24. The summed E-state index contributed by atoms with van der Waals surface area (Å²) in [6, 6.07) is -1.30. The Balaban J connectivity index is 3.50. The standard InChI is InChI=1S/C7H9ClN4O5S/c1-12-5(18(15,16)11-7(9)14)3(4(8)10-12)6(13)17-2/h1-2H3,(H3,9,11,14). The molecule has 0 spiro atoms. The van der Waals surface area contributed by atoms with Crippen molar-refractivity contribution in [2.75, 3.05) is 7.11 Å². The van der Waals surface area contributed by atoms with Gasteiger partial charge in [-0.1, -0.05) is 11.6 Å². The second-order valence-electron chi connectivity index (χ2n) is 3.06. The second kappa shape index (κ2) is 4.82. The number of sulfonamides is 1. The molecule has 18 heavy (non-hydrogen) atoms. The molecular weight excluding hydrogens is 288 g/mol. The van der Waals surface area contributed by atoms with Crippen LogP contribution in [0.1, 0.15) is 10.4 Å². The van der Waals surface area contributed by atoms with Gasteiger partial charge in [-0.05, 0) is 0 Å². The number of nitrogens with zero attached hydrogens (tertiary/aromatic N) is 2. The molecule has 0 aliphatic heterocycles. The normalized spacial score (nSPS) is 11.1. The van der Waals surface area contributed by atoms with Crippen molar-refractivity contribution in [2.24, 2.45) is 12.8 Å². The summed E-state index contributed by atoms with van der Waals surface area (Å²) >= 11 is 5.63. The number of primary amides is 1. The molecule has 1 rings (SSSR count). The van der Waals surface area contributed by atoms with Crippen molar-refractivity contribution in [2.45, 2.75) is 5.03 Å². The van der Waals surface area contributed by atoms with Gasteiger partial charge in [-0.15, -0.1) is 0 Å². The third kappa shape index (κ3) is 2.54. The molecule has 11 heteroatoms. The maximum absolute atomic E-state index is 11.8. The van der Waals surface area contributed by atoms with E-state index in [9.17, 15) is 18.0 Å². The number of halogens is 1. The van der Waals surface area contributed by atoms with Gasteiger partial charge in [-0.25, -0.2) is 14.3 Å². The number of amides is 2. The van der Waals surface area contributed by atoms with E-state index in [4.69, 9.17) is 17.3 Å². The Morgan fingerprint density at radius 1 is 1.50 bits per heavy atom. The van der Waals surface area contributed by atoms with E-state index >= 15 is 0 Å². The number of nitrogens with two attached hydrogens (primary N) is 1. The SMILES string of the molecule is COC(=O)c1c(Cl)nn(C)c1S(=O)(=O)NC(N)=O. The third-order valence-electron chi connectivity index (χ3n) is 1.83. The van der Waals surface area contributed by atoms with Crippen molar-refractivity contribution in [1.82, 2.24) is 14.5 Å². The molecule has 1 aromatic rings. The molecule has 100 valence electrons. The third-order valence-corrected chi connectivity index (χ3v) is 3.54. The Kier molecular flexibility index (Phi) is 3.82. The van der Waals surface area contributed by atoms with Crippen LogP contribution in [0.2, 0.25) is 5.15 Å². The molecular formula is C7H9ClN4O5S. The zero-order valence-electron chi connectivity index (χ0n) is 9.30. The molecule has 0 radical (unpaired) electrons. The fraction of sp³-hybridized carbons (Fsp3) is 0.286. The molecule has 0 fully saturated rings. The van der Waals surface area contributed by atoms with Crippen LogP contribution in [0, 0.1) is 0 Å². The number of aromatic nitrogens is 2. The van der Waals surface area contributed by atoms with Crippen molar-refractivity contribution in [1.29, 1.82) is 0 Å². The lowest BCUT2D eigenvalue weighted by Gasteiger charge is -2.06. The van der Waals surface area contributed by atoms with Crippen LogP contribution in [0.25, 0.3) is 0 Å². The predicted octanol–water partition coefficient (Wildman–Crippen LogP) is -0.783. The molecule has 0 bridgehead atoms. The van der Waals surface area contributed by atoms with E-state index in [0.717, 1.165) is 11.8 Å². The van der Waals surface area contributed by atoms with E-state index < -0.39 is 32.6 Å². The summed E-state index contributed by atoms with van der Waals surface area (Å²) in [5.41, 5.74) is 4.25. The number of aryl methyl sites for hydroxylation is 1. The minimum Gasteiger partial charge on any atom is -0.465 e. The number of esters is 1. The number of hydrogen-bond acceptors (Lipinski definition) is 6. The van der Waals surface area contributed by atoms with Gasteiger partial charge in [0.15, 0.2) is 10.2 Å². The minimum absolute atomic E-state index is 0.366. The van der Waals surface area contributed by atoms with E-state index in [0.29, 0.717) is 0 Å². The summed E-state index contributed by atoms with van der Waals surface area (Å²) in [4.78, 5) is 22.0. The first-order valence-corrected chi connectivity index (χ1v) is 6.20. The monoisotopic (exact) mass is 296 g/mol. The van der Waals surface area contributed by atoms with E-state index in [1.54, 1.807) is 0 Å². The van der Waals surface area contributed by atoms with Gasteiger partial charge < -0.3 is 10.5 Å². The number of carbonyl (C=O) groups is 2. The van der Waals surface area contributed by atoms with Crippen molar-refractivity contribution in [3.63, 3.8) is 0 Å². The number of ether oxygens (including phenoxy) is 1. The van der Waals surface area contributed by atoms with Crippen molar-refractivity contribution < 1.29 is 22.7 Å². The second-order valence-corrected chi connectivity index (χ2v) is 5.01. The van der Waals surface area contributed by atoms with Crippen LogP contribution >= 0.6 is 11.6 Å². The highest BCUT2D eigenvalue weighted by atomic mass is 35.5. The lowest BCUT2D eigenvalue weighted by Crippen LogP contribution is -2.36. The molecule has 2 amide bonds. The molecule has 0 aliphatic rings. The predicted molar refractivity (Wildman–Crippen MR) is 59.5 cm³/mol. The van der Waals surface area contributed by atoms with Crippen LogP contribution in [0.4, 0.5) is 4.79 Å². The quantitative estimate of drug-likeness (QED) is 0.703. The van der Waals surface area contributed by atoms with Gasteiger partial charge in [0.05, 0.1) is 7.11 Å². The number of methoxy groups -OCH3 is 1. The van der Waals surface area contributed by atoms with Gasteiger partial charge in [0.25, 0.3) is 10.0 Å².